The lowest BCUT2D eigenvalue weighted by Crippen LogP contribution is -2.32. The average molecular weight is 314 g/mol. The SMILES string of the molecule is CC(CNCC(C)(C)CCO)c1cccc(Br)c1. The normalized spacial score (nSPS) is 13.6. The zero-order chi connectivity index (χ0) is 13.6. The third-order valence-corrected chi connectivity index (χ3v) is 3.75. The van der Waals surface area contributed by atoms with E-state index in [1.54, 1.807) is 0 Å². The lowest BCUT2D eigenvalue weighted by Gasteiger charge is -2.25. The molecule has 0 aliphatic heterocycles. The maximum atomic E-state index is 8.99. The van der Waals surface area contributed by atoms with E-state index in [1.807, 2.05) is 6.07 Å². The van der Waals surface area contributed by atoms with Gasteiger partial charge < -0.3 is 10.4 Å². The highest BCUT2D eigenvalue weighted by molar-refractivity contribution is 9.10. The highest BCUT2D eigenvalue weighted by Crippen LogP contribution is 2.21. The Hall–Kier alpha value is -0.380. The maximum Gasteiger partial charge on any atom is 0.0436 e. The molecular formula is C15H24BrNO. The van der Waals surface area contributed by atoms with Crippen LogP contribution in [0.1, 0.15) is 38.7 Å². The second kappa shape index (κ2) is 7.27. The summed E-state index contributed by atoms with van der Waals surface area (Å²) < 4.78 is 1.13. The lowest BCUT2D eigenvalue weighted by molar-refractivity contribution is 0.207. The van der Waals surface area contributed by atoms with Crippen molar-refractivity contribution in [3.63, 3.8) is 0 Å². The Morgan fingerprint density at radius 1 is 1.39 bits per heavy atom. The monoisotopic (exact) mass is 313 g/mol. The zero-order valence-electron chi connectivity index (χ0n) is 11.5. The third-order valence-electron chi connectivity index (χ3n) is 3.26. The predicted octanol–water partition coefficient (Wildman–Crippen LogP) is 3.55. The third kappa shape index (κ3) is 5.51. The van der Waals surface area contributed by atoms with Gasteiger partial charge in [0.2, 0.25) is 0 Å². The smallest absolute Gasteiger partial charge is 0.0436 e. The number of hydrogen-bond donors (Lipinski definition) is 2. The Kier molecular flexibility index (Phi) is 6.33. The quantitative estimate of drug-likeness (QED) is 0.807. The Morgan fingerprint density at radius 2 is 2.11 bits per heavy atom. The van der Waals surface area contributed by atoms with Crippen molar-refractivity contribution in [3.05, 3.63) is 34.3 Å². The Balaban J connectivity index is 2.40. The maximum absolute atomic E-state index is 8.99. The van der Waals surface area contributed by atoms with Crippen LogP contribution < -0.4 is 5.32 Å². The second-order valence-corrected chi connectivity index (χ2v) is 6.64. The minimum atomic E-state index is 0.158. The molecule has 1 unspecified atom stereocenters. The summed E-state index contributed by atoms with van der Waals surface area (Å²) in [6, 6.07) is 8.46. The van der Waals surface area contributed by atoms with Crippen molar-refractivity contribution in [2.45, 2.75) is 33.1 Å². The first-order valence-corrected chi connectivity index (χ1v) is 7.31. The van der Waals surface area contributed by atoms with Gasteiger partial charge in [-0.15, -0.1) is 0 Å². The van der Waals surface area contributed by atoms with E-state index in [0.29, 0.717) is 5.92 Å². The van der Waals surface area contributed by atoms with E-state index in [-0.39, 0.29) is 12.0 Å². The first-order chi connectivity index (χ1) is 8.44. The molecule has 102 valence electrons. The number of nitrogens with one attached hydrogen (secondary N) is 1. The Bertz CT molecular complexity index is 365. The fourth-order valence-corrected chi connectivity index (χ4v) is 2.37. The van der Waals surface area contributed by atoms with Crippen molar-refractivity contribution >= 4 is 15.9 Å². The van der Waals surface area contributed by atoms with Gasteiger partial charge in [-0.2, -0.15) is 0 Å². The van der Waals surface area contributed by atoms with Crippen LogP contribution in [0.2, 0.25) is 0 Å². The van der Waals surface area contributed by atoms with Gasteiger partial charge in [-0.25, -0.2) is 0 Å². The first kappa shape index (κ1) is 15.7. The van der Waals surface area contributed by atoms with E-state index < -0.39 is 0 Å². The summed E-state index contributed by atoms with van der Waals surface area (Å²) in [4.78, 5) is 0. The van der Waals surface area contributed by atoms with Gasteiger partial charge in [-0.3, -0.25) is 0 Å². The lowest BCUT2D eigenvalue weighted by atomic mass is 9.89. The van der Waals surface area contributed by atoms with Gasteiger partial charge in [0.25, 0.3) is 0 Å². The van der Waals surface area contributed by atoms with Crippen LogP contribution in [0.3, 0.4) is 0 Å². The largest absolute Gasteiger partial charge is 0.396 e. The number of halogens is 1. The van der Waals surface area contributed by atoms with E-state index in [4.69, 9.17) is 5.11 Å². The van der Waals surface area contributed by atoms with Crippen molar-refractivity contribution in [2.75, 3.05) is 19.7 Å². The molecule has 0 spiro atoms. The Morgan fingerprint density at radius 3 is 2.72 bits per heavy atom. The summed E-state index contributed by atoms with van der Waals surface area (Å²) in [7, 11) is 0. The van der Waals surface area contributed by atoms with Gasteiger partial charge in [0.05, 0.1) is 0 Å². The van der Waals surface area contributed by atoms with Crippen molar-refractivity contribution in [1.82, 2.24) is 5.32 Å². The van der Waals surface area contributed by atoms with Crippen LogP contribution >= 0.6 is 15.9 Å². The second-order valence-electron chi connectivity index (χ2n) is 5.72. The van der Waals surface area contributed by atoms with E-state index >= 15 is 0 Å². The number of benzene rings is 1. The minimum absolute atomic E-state index is 0.158. The van der Waals surface area contributed by atoms with E-state index in [9.17, 15) is 0 Å². The molecule has 1 aromatic rings. The van der Waals surface area contributed by atoms with Gasteiger partial charge in [0.1, 0.15) is 0 Å². The summed E-state index contributed by atoms with van der Waals surface area (Å²) in [5.41, 5.74) is 1.50. The molecule has 1 aromatic carbocycles. The molecule has 0 fully saturated rings. The first-order valence-electron chi connectivity index (χ1n) is 6.52. The molecule has 0 saturated carbocycles. The number of rotatable bonds is 7. The molecule has 0 radical (unpaired) electrons. The van der Waals surface area contributed by atoms with Gasteiger partial charge in [-0.05, 0) is 35.4 Å². The van der Waals surface area contributed by atoms with Crippen LogP contribution in [0.4, 0.5) is 0 Å². The Labute approximate surface area is 119 Å². The zero-order valence-corrected chi connectivity index (χ0v) is 13.1. The summed E-state index contributed by atoms with van der Waals surface area (Å²) in [5, 5.41) is 12.5. The molecule has 0 heterocycles. The average Bonchev–Trinajstić information content (AvgIpc) is 2.28. The fourth-order valence-electron chi connectivity index (χ4n) is 1.95. The molecule has 0 aliphatic carbocycles. The van der Waals surface area contributed by atoms with Crippen LogP contribution in [-0.4, -0.2) is 24.8 Å². The van der Waals surface area contributed by atoms with E-state index in [2.05, 4.69) is 60.2 Å². The number of hydrogen-bond acceptors (Lipinski definition) is 2. The van der Waals surface area contributed by atoms with Gasteiger partial charge in [-0.1, -0.05) is 48.8 Å². The van der Waals surface area contributed by atoms with Crippen molar-refractivity contribution in [1.29, 1.82) is 0 Å². The topological polar surface area (TPSA) is 32.3 Å². The molecule has 2 nitrogen and oxygen atoms in total. The minimum Gasteiger partial charge on any atom is -0.396 e. The van der Waals surface area contributed by atoms with Gasteiger partial charge in [0, 0.05) is 24.2 Å². The molecule has 0 aliphatic rings. The molecule has 0 amide bonds. The summed E-state index contributed by atoms with van der Waals surface area (Å²) >= 11 is 3.50. The number of aliphatic hydroxyl groups is 1. The molecule has 3 heteroatoms. The predicted molar refractivity (Wildman–Crippen MR) is 80.9 cm³/mol. The standard InChI is InChI=1S/C15H24BrNO/c1-12(13-5-4-6-14(16)9-13)10-17-11-15(2,3)7-8-18/h4-6,9,12,17-18H,7-8,10-11H2,1-3H3. The molecule has 18 heavy (non-hydrogen) atoms. The molecule has 1 rings (SSSR count). The highest BCUT2D eigenvalue weighted by atomic mass is 79.9. The van der Waals surface area contributed by atoms with Crippen LogP contribution in [0, 0.1) is 5.41 Å². The highest BCUT2D eigenvalue weighted by Gasteiger charge is 2.17. The molecule has 2 N–H and O–H groups in total. The molecule has 1 atom stereocenters. The fraction of sp³-hybridized carbons (Fsp3) is 0.600. The molecule has 0 bridgehead atoms. The van der Waals surface area contributed by atoms with Crippen molar-refractivity contribution < 1.29 is 5.11 Å². The van der Waals surface area contributed by atoms with Gasteiger partial charge in [0.15, 0.2) is 0 Å². The van der Waals surface area contributed by atoms with E-state index in [0.717, 1.165) is 24.0 Å². The molecular weight excluding hydrogens is 290 g/mol. The van der Waals surface area contributed by atoms with E-state index in [1.165, 1.54) is 5.56 Å². The van der Waals surface area contributed by atoms with Crippen LogP contribution in [0.15, 0.2) is 28.7 Å². The summed E-state index contributed by atoms with van der Waals surface area (Å²) in [6.07, 6.45) is 0.839. The molecule has 0 saturated heterocycles. The summed E-state index contributed by atoms with van der Waals surface area (Å²) in [6.45, 7) is 8.75. The van der Waals surface area contributed by atoms with Gasteiger partial charge >= 0.3 is 0 Å². The van der Waals surface area contributed by atoms with Crippen molar-refractivity contribution in [3.8, 4) is 0 Å². The number of aliphatic hydroxyl groups excluding tert-OH is 1. The van der Waals surface area contributed by atoms with Crippen LogP contribution in [-0.2, 0) is 0 Å². The molecule has 0 aromatic heterocycles. The van der Waals surface area contributed by atoms with Crippen molar-refractivity contribution in [2.24, 2.45) is 5.41 Å². The summed E-state index contributed by atoms with van der Waals surface area (Å²) in [5.74, 6) is 0.493. The van der Waals surface area contributed by atoms with Crippen LogP contribution in [0.25, 0.3) is 0 Å². The van der Waals surface area contributed by atoms with Crippen LogP contribution in [0.5, 0.6) is 0 Å².